The van der Waals surface area contributed by atoms with Crippen molar-refractivity contribution in [2.24, 2.45) is 0 Å². The number of carbonyl (C=O) groups is 2. The first-order chi connectivity index (χ1) is 26.4. The van der Waals surface area contributed by atoms with E-state index in [1.54, 1.807) is 0 Å². The second kappa shape index (κ2) is 20.3. The molecule has 2 fully saturated rings. The van der Waals surface area contributed by atoms with Gasteiger partial charge >= 0.3 is 11.9 Å². The largest absolute Gasteiger partial charge is 0.456 e. The zero-order valence-electron chi connectivity index (χ0n) is 30.6. The Morgan fingerprint density at radius 3 is 1.48 bits per heavy atom. The maximum Gasteiger partial charge on any atom is 0.303 e. The number of rotatable bonds is 18. The third-order valence-electron chi connectivity index (χ3n) is 9.07. The van der Waals surface area contributed by atoms with E-state index in [9.17, 15) is 9.59 Å². The molecule has 4 aromatic carbocycles. The lowest BCUT2D eigenvalue weighted by atomic mass is 9.97. The van der Waals surface area contributed by atoms with Gasteiger partial charge in [0.1, 0.15) is 30.5 Å². The zero-order chi connectivity index (χ0) is 37.5. The number of ether oxygens (including phenoxy) is 9. The van der Waals surface area contributed by atoms with Crippen molar-refractivity contribution in [3.8, 4) is 0 Å². The average Bonchev–Trinajstić information content (AvgIpc) is 3.56. The maximum atomic E-state index is 12.7. The normalized spacial score (nSPS) is 25.2. The quantitative estimate of drug-likeness (QED) is 0.113. The Morgan fingerprint density at radius 1 is 0.537 bits per heavy atom. The molecule has 0 aromatic heterocycles. The van der Waals surface area contributed by atoms with Crippen LogP contribution < -0.4 is 0 Å². The maximum absolute atomic E-state index is 12.7. The average molecular weight is 741 g/mol. The summed E-state index contributed by atoms with van der Waals surface area (Å²) in [5, 5.41) is 0. The molecule has 11 nitrogen and oxygen atoms in total. The molecule has 11 heteroatoms. The van der Waals surface area contributed by atoms with Gasteiger partial charge in [0.2, 0.25) is 0 Å². The summed E-state index contributed by atoms with van der Waals surface area (Å²) in [6.45, 7) is 4.15. The topological polar surface area (TPSA) is 117 Å². The molecule has 0 saturated carbocycles. The van der Waals surface area contributed by atoms with Crippen molar-refractivity contribution >= 4 is 11.9 Å². The van der Waals surface area contributed by atoms with Crippen molar-refractivity contribution in [2.45, 2.75) is 89.3 Å². The summed E-state index contributed by atoms with van der Waals surface area (Å²) < 4.78 is 56.7. The molecule has 8 atom stereocenters. The standard InChI is InChI=1S/C43H48O11/c1-30(44)51-40-38(28-47-24-33-17-9-4-10-18-33)53-43(42(41(40)52-31(2)45)50-26-35-21-13-6-14-22-35)54-39-36(27-46-23-32-15-7-3-8-16-32)49-29-37(39)48-25-34-19-11-5-12-20-34/h3-22,36-43H,23-29H2,1-2H3/t36-,37+,38-,39-,40-,41+,42-,43-/m1/s1. The molecule has 0 amide bonds. The fraction of sp³-hybridized carbons (Fsp3) is 0.395. The van der Waals surface area contributed by atoms with Crippen LogP contribution in [-0.2, 0) is 78.6 Å². The van der Waals surface area contributed by atoms with E-state index < -0.39 is 61.0 Å². The fourth-order valence-corrected chi connectivity index (χ4v) is 6.50. The van der Waals surface area contributed by atoms with Crippen LogP contribution in [0, 0.1) is 0 Å². The van der Waals surface area contributed by atoms with Crippen LogP contribution in [0.25, 0.3) is 0 Å². The summed E-state index contributed by atoms with van der Waals surface area (Å²) in [5.74, 6) is -1.17. The summed E-state index contributed by atoms with van der Waals surface area (Å²) in [5.41, 5.74) is 3.84. The molecule has 4 aromatic rings. The van der Waals surface area contributed by atoms with Crippen LogP contribution in [0.2, 0.25) is 0 Å². The molecule has 6 rings (SSSR count). The Morgan fingerprint density at radius 2 is 0.981 bits per heavy atom. The Kier molecular flexibility index (Phi) is 14.7. The summed E-state index contributed by atoms with van der Waals surface area (Å²) >= 11 is 0. The first kappa shape index (κ1) is 39.2. The molecule has 2 heterocycles. The predicted molar refractivity (Wildman–Crippen MR) is 197 cm³/mol. The van der Waals surface area contributed by atoms with Crippen molar-refractivity contribution < 1.29 is 52.2 Å². The molecule has 0 radical (unpaired) electrons. The van der Waals surface area contributed by atoms with Gasteiger partial charge in [-0.05, 0) is 22.3 Å². The minimum atomic E-state index is -1.14. The van der Waals surface area contributed by atoms with Crippen LogP contribution in [-0.4, -0.2) is 80.8 Å². The fourth-order valence-electron chi connectivity index (χ4n) is 6.50. The Labute approximate surface area is 316 Å². The number of carbonyl (C=O) groups excluding carboxylic acids is 2. The predicted octanol–water partition coefficient (Wildman–Crippen LogP) is 5.96. The van der Waals surface area contributed by atoms with E-state index in [1.807, 2.05) is 121 Å². The lowest BCUT2D eigenvalue weighted by Gasteiger charge is -2.45. The highest BCUT2D eigenvalue weighted by Crippen LogP contribution is 2.34. The third kappa shape index (κ3) is 11.5. The van der Waals surface area contributed by atoms with Crippen LogP contribution >= 0.6 is 0 Å². The van der Waals surface area contributed by atoms with Gasteiger partial charge in [0, 0.05) is 13.8 Å². The van der Waals surface area contributed by atoms with Gasteiger partial charge in [-0.3, -0.25) is 9.59 Å². The summed E-state index contributed by atoms with van der Waals surface area (Å²) in [6, 6.07) is 38.9. The second-order valence-corrected chi connectivity index (χ2v) is 13.3. The van der Waals surface area contributed by atoms with Crippen molar-refractivity contribution in [2.75, 3.05) is 19.8 Å². The number of esters is 2. The van der Waals surface area contributed by atoms with Crippen LogP contribution in [0.3, 0.4) is 0 Å². The highest BCUT2D eigenvalue weighted by atomic mass is 16.7. The Hall–Kier alpha value is -4.46. The molecule has 2 saturated heterocycles. The van der Waals surface area contributed by atoms with Gasteiger partial charge in [0.05, 0.1) is 46.2 Å². The molecule has 54 heavy (non-hydrogen) atoms. The molecule has 0 aliphatic carbocycles. The van der Waals surface area contributed by atoms with Gasteiger partial charge in [0.25, 0.3) is 0 Å². The highest BCUT2D eigenvalue weighted by Gasteiger charge is 2.53. The van der Waals surface area contributed by atoms with Crippen LogP contribution in [0.15, 0.2) is 121 Å². The molecule has 0 spiro atoms. The van der Waals surface area contributed by atoms with Crippen LogP contribution in [0.1, 0.15) is 36.1 Å². The highest BCUT2D eigenvalue weighted by molar-refractivity contribution is 5.67. The molecule has 0 bridgehead atoms. The van der Waals surface area contributed by atoms with E-state index in [0.717, 1.165) is 22.3 Å². The van der Waals surface area contributed by atoms with E-state index >= 15 is 0 Å². The van der Waals surface area contributed by atoms with Gasteiger partial charge in [-0.1, -0.05) is 121 Å². The Bertz CT molecular complexity index is 1690. The molecule has 2 aliphatic rings. The van der Waals surface area contributed by atoms with Crippen molar-refractivity contribution in [1.82, 2.24) is 0 Å². The van der Waals surface area contributed by atoms with Crippen molar-refractivity contribution in [1.29, 1.82) is 0 Å². The first-order valence-corrected chi connectivity index (χ1v) is 18.2. The van der Waals surface area contributed by atoms with Gasteiger partial charge in [-0.25, -0.2) is 0 Å². The minimum Gasteiger partial charge on any atom is -0.456 e. The molecular weight excluding hydrogens is 692 g/mol. The second-order valence-electron chi connectivity index (χ2n) is 13.3. The number of hydrogen-bond acceptors (Lipinski definition) is 11. The molecule has 2 aliphatic heterocycles. The SMILES string of the molecule is CC(=O)O[C@@H]1[C@@H](OCc2ccccc2)[C@@H](O[C@H]2[C@@H](OCc3ccccc3)CO[C@@H]2COCc2ccccc2)O[C@H](COCc2ccccc2)[C@H]1OC(C)=O. The minimum absolute atomic E-state index is 0.00537. The van der Waals surface area contributed by atoms with E-state index in [-0.39, 0.29) is 33.0 Å². The van der Waals surface area contributed by atoms with Gasteiger partial charge in [0.15, 0.2) is 18.5 Å². The first-order valence-electron chi connectivity index (χ1n) is 18.2. The van der Waals surface area contributed by atoms with Crippen LogP contribution in [0.5, 0.6) is 0 Å². The van der Waals surface area contributed by atoms with E-state index in [1.165, 1.54) is 13.8 Å². The number of benzene rings is 4. The number of hydrogen-bond donors (Lipinski definition) is 0. The zero-order valence-corrected chi connectivity index (χ0v) is 30.6. The van der Waals surface area contributed by atoms with E-state index in [2.05, 4.69) is 0 Å². The molecule has 0 N–H and O–H groups in total. The molecule has 286 valence electrons. The van der Waals surface area contributed by atoms with Gasteiger partial charge in [-0.15, -0.1) is 0 Å². The smallest absolute Gasteiger partial charge is 0.303 e. The van der Waals surface area contributed by atoms with Crippen LogP contribution in [0.4, 0.5) is 0 Å². The van der Waals surface area contributed by atoms with Crippen molar-refractivity contribution in [3.63, 3.8) is 0 Å². The van der Waals surface area contributed by atoms with E-state index in [0.29, 0.717) is 13.2 Å². The van der Waals surface area contributed by atoms with Gasteiger partial charge < -0.3 is 42.6 Å². The third-order valence-corrected chi connectivity index (χ3v) is 9.07. The molecule has 0 unspecified atom stereocenters. The Balaban J connectivity index is 1.28. The monoisotopic (exact) mass is 740 g/mol. The lowest BCUT2D eigenvalue weighted by molar-refractivity contribution is -0.332. The summed E-state index contributed by atoms with van der Waals surface area (Å²) in [6.07, 6.45) is -7.00. The van der Waals surface area contributed by atoms with Gasteiger partial charge in [-0.2, -0.15) is 0 Å². The van der Waals surface area contributed by atoms with Crippen molar-refractivity contribution in [3.05, 3.63) is 144 Å². The lowest BCUT2D eigenvalue weighted by Crippen LogP contribution is -2.63. The summed E-state index contributed by atoms with van der Waals surface area (Å²) in [7, 11) is 0. The van der Waals surface area contributed by atoms with E-state index in [4.69, 9.17) is 42.6 Å². The molecular formula is C43H48O11. The summed E-state index contributed by atoms with van der Waals surface area (Å²) in [4.78, 5) is 25.2.